The molecule has 4 rings (SSSR count). The molecule has 2 aromatic carbocycles. The van der Waals surface area contributed by atoms with E-state index in [0.717, 1.165) is 22.3 Å². The van der Waals surface area contributed by atoms with E-state index >= 15 is 0 Å². The monoisotopic (exact) mass is 359 g/mol. The molecule has 0 spiro atoms. The Labute approximate surface area is 155 Å². The lowest BCUT2D eigenvalue weighted by molar-refractivity contribution is 0.0469. The Bertz CT molecular complexity index is 1130. The molecule has 0 amide bonds. The number of fused-ring (bicyclic) bond motifs is 1. The molecule has 4 aromatic rings. The maximum atomic E-state index is 12.6. The molecule has 2 aromatic heterocycles. The Balaban J connectivity index is 1.47. The Hall–Kier alpha value is -3.67. The third kappa shape index (κ3) is 3.25. The summed E-state index contributed by atoms with van der Waals surface area (Å²) in [5.41, 5.74) is 3.22. The second kappa shape index (κ2) is 6.92. The van der Waals surface area contributed by atoms with Crippen molar-refractivity contribution in [1.82, 2.24) is 14.5 Å². The Kier molecular flexibility index (Phi) is 4.30. The minimum absolute atomic E-state index is 0.155. The van der Waals surface area contributed by atoms with Gasteiger partial charge in [-0.05, 0) is 25.1 Å². The van der Waals surface area contributed by atoms with Gasteiger partial charge in [-0.1, -0.05) is 36.4 Å². The molecule has 0 saturated heterocycles. The standard InChI is InChI=1S/C21H17N3O3/c1-14-20(16-9-5-6-10-17(16)23-14)19(25)12-27-21(26)18-11-24(13-22-18)15-7-3-2-4-8-15/h2-11,13,23H,12H2,1H3. The smallest absolute Gasteiger partial charge is 0.358 e. The average Bonchev–Trinajstić information content (AvgIpc) is 3.30. The number of nitrogens with zero attached hydrogens (tertiary/aromatic N) is 2. The number of aryl methyl sites for hydroxylation is 1. The van der Waals surface area contributed by atoms with Crippen molar-refractivity contribution in [1.29, 1.82) is 0 Å². The summed E-state index contributed by atoms with van der Waals surface area (Å²) >= 11 is 0. The second-order valence-corrected chi connectivity index (χ2v) is 6.17. The van der Waals surface area contributed by atoms with E-state index in [0.29, 0.717) is 5.56 Å². The van der Waals surface area contributed by atoms with Gasteiger partial charge in [0.15, 0.2) is 12.3 Å². The second-order valence-electron chi connectivity index (χ2n) is 6.17. The van der Waals surface area contributed by atoms with Gasteiger partial charge in [0.25, 0.3) is 0 Å². The lowest BCUT2D eigenvalue weighted by Crippen LogP contribution is -2.15. The van der Waals surface area contributed by atoms with Crippen LogP contribution >= 0.6 is 0 Å². The largest absolute Gasteiger partial charge is 0.453 e. The number of para-hydroxylation sites is 2. The third-order valence-electron chi connectivity index (χ3n) is 4.35. The van der Waals surface area contributed by atoms with Gasteiger partial charge in [-0.25, -0.2) is 9.78 Å². The van der Waals surface area contributed by atoms with Crippen molar-refractivity contribution in [3.63, 3.8) is 0 Å². The average molecular weight is 359 g/mol. The van der Waals surface area contributed by atoms with Gasteiger partial charge in [-0.15, -0.1) is 0 Å². The molecule has 0 bridgehead atoms. The summed E-state index contributed by atoms with van der Waals surface area (Å²) in [7, 11) is 0. The number of aromatic nitrogens is 3. The molecule has 0 aliphatic rings. The fourth-order valence-corrected chi connectivity index (χ4v) is 3.08. The lowest BCUT2D eigenvalue weighted by atomic mass is 10.1. The highest BCUT2D eigenvalue weighted by atomic mass is 16.5. The molecule has 0 fully saturated rings. The minimum Gasteiger partial charge on any atom is -0.453 e. The van der Waals surface area contributed by atoms with Gasteiger partial charge in [0, 0.05) is 34.0 Å². The van der Waals surface area contributed by atoms with Crippen LogP contribution in [0.1, 0.15) is 26.5 Å². The molecule has 0 atom stereocenters. The van der Waals surface area contributed by atoms with Crippen molar-refractivity contribution in [2.75, 3.05) is 6.61 Å². The maximum Gasteiger partial charge on any atom is 0.358 e. The third-order valence-corrected chi connectivity index (χ3v) is 4.35. The summed E-state index contributed by atoms with van der Waals surface area (Å²) < 4.78 is 6.91. The molecule has 6 heteroatoms. The molecule has 0 unspecified atom stereocenters. The molecule has 27 heavy (non-hydrogen) atoms. The fraction of sp³-hybridized carbons (Fsp3) is 0.0952. The van der Waals surface area contributed by atoms with E-state index in [4.69, 9.17) is 4.74 Å². The number of aromatic amines is 1. The summed E-state index contributed by atoms with van der Waals surface area (Å²) in [5, 5.41) is 0.824. The molecule has 0 saturated carbocycles. The van der Waals surface area contributed by atoms with Gasteiger partial charge in [0.2, 0.25) is 5.78 Å². The summed E-state index contributed by atoms with van der Waals surface area (Å²) in [4.78, 5) is 32.1. The summed E-state index contributed by atoms with van der Waals surface area (Å²) in [5.74, 6) is -0.878. The molecule has 1 N–H and O–H groups in total. The van der Waals surface area contributed by atoms with Crippen LogP contribution in [0.2, 0.25) is 0 Å². The molecule has 0 radical (unpaired) electrons. The number of carbonyl (C=O) groups is 2. The zero-order valence-corrected chi connectivity index (χ0v) is 14.7. The van der Waals surface area contributed by atoms with Crippen LogP contribution in [-0.2, 0) is 4.74 Å². The Morgan fingerprint density at radius 3 is 2.63 bits per heavy atom. The zero-order chi connectivity index (χ0) is 18.8. The van der Waals surface area contributed by atoms with Crippen molar-refractivity contribution in [3.8, 4) is 5.69 Å². The minimum atomic E-state index is -0.629. The SMILES string of the molecule is Cc1[nH]c2ccccc2c1C(=O)COC(=O)c1cn(-c2ccccc2)cn1. The maximum absolute atomic E-state index is 12.6. The van der Waals surface area contributed by atoms with Crippen molar-refractivity contribution < 1.29 is 14.3 Å². The van der Waals surface area contributed by atoms with Crippen molar-refractivity contribution in [2.24, 2.45) is 0 Å². The molecular formula is C21H17N3O3. The number of ketones is 1. The van der Waals surface area contributed by atoms with E-state index in [1.165, 1.54) is 6.33 Å². The van der Waals surface area contributed by atoms with Crippen LogP contribution in [0, 0.1) is 6.92 Å². The van der Waals surface area contributed by atoms with E-state index in [1.807, 2.05) is 61.5 Å². The number of Topliss-reactive ketones (excluding diaryl/α,β-unsaturated/α-hetero) is 1. The van der Waals surface area contributed by atoms with Gasteiger partial charge in [-0.3, -0.25) is 4.79 Å². The summed E-state index contributed by atoms with van der Waals surface area (Å²) in [6.45, 7) is 1.50. The number of carbonyl (C=O) groups excluding carboxylic acids is 2. The number of rotatable bonds is 5. The molecule has 2 heterocycles. The van der Waals surface area contributed by atoms with Crippen molar-refractivity contribution >= 4 is 22.7 Å². The number of hydrogen-bond acceptors (Lipinski definition) is 4. The van der Waals surface area contributed by atoms with Gasteiger partial charge in [0.05, 0.1) is 0 Å². The number of imidazole rings is 1. The fourth-order valence-electron chi connectivity index (χ4n) is 3.08. The summed E-state index contributed by atoms with van der Waals surface area (Å²) in [6.07, 6.45) is 3.12. The van der Waals surface area contributed by atoms with Gasteiger partial charge >= 0.3 is 5.97 Å². The predicted octanol–water partition coefficient (Wildman–Crippen LogP) is 3.70. The number of ether oxygens (including phenoxy) is 1. The topological polar surface area (TPSA) is 77.0 Å². The number of hydrogen-bond donors (Lipinski definition) is 1. The number of benzene rings is 2. The molecule has 0 aliphatic heterocycles. The first-order valence-corrected chi connectivity index (χ1v) is 8.50. The molecule has 134 valence electrons. The van der Waals surface area contributed by atoms with E-state index in [2.05, 4.69) is 9.97 Å². The first-order valence-electron chi connectivity index (χ1n) is 8.50. The normalized spacial score (nSPS) is 10.9. The van der Waals surface area contributed by atoms with Gasteiger partial charge in [-0.2, -0.15) is 0 Å². The zero-order valence-electron chi connectivity index (χ0n) is 14.7. The number of esters is 1. The first-order chi connectivity index (χ1) is 13.1. The lowest BCUT2D eigenvalue weighted by Gasteiger charge is -2.03. The highest BCUT2D eigenvalue weighted by Crippen LogP contribution is 2.22. The molecule has 6 nitrogen and oxygen atoms in total. The first kappa shape index (κ1) is 16.8. The molecule has 0 aliphatic carbocycles. The van der Waals surface area contributed by atoms with E-state index < -0.39 is 5.97 Å². The highest BCUT2D eigenvalue weighted by molar-refractivity contribution is 6.10. The van der Waals surface area contributed by atoms with Crippen LogP contribution in [0.5, 0.6) is 0 Å². The number of H-pyrrole nitrogens is 1. The predicted molar refractivity (Wildman–Crippen MR) is 101 cm³/mol. The van der Waals surface area contributed by atoms with Crippen LogP contribution in [0.15, 0.2) is 67.1 Å². The van der Waals surface area contributed by atoms with E-state index in [-0.39, 0.29) is 18.1 Å². The Morgan fingerprint density at radius 2 is 1.81 bits per heavy atom. The van der Waals surface area contributed by atoms with Gasteiger partial charge in [0.1, 0.15) is 6.33 Å². The van der Waals surface area contributed by atoms with E-state index in [9.17, 15) is 9.59 Å². The Morgan fingerprint density at radius 1 is 1.07 bits per heavy atom. The highest BCUT2D eigenvalue weighted by Gasteiger charge is 2.19. The summed E-state index contributed by atoms with van der Waals surface area (Å²) in [6, 6.07) is 17.1. The van der Waals surface area contributed by atoms with Crippen LogP contribution in [0.4, 0.5) is 0 Å². The van der Waals surface area contributed by atoms with Crippen LogP contribution in [0.25, 0.3) is 16.6 Å². The van der Waals surface area contributed by atoms with Crippen molar-refractivity contribution in [2.45, 2.75) is 6.92 Å². The van der Waals surface area contributed by atoms with Crippen molar-refractivity contribution in [3.05, 3.63) is 84.1 Å². The quantitative estimate of drug-likeness (QED) is 0.435. The van der Waals surface area contributed by atoms with E-state index in [1.54, 1.807) is 10.8 Å². The van der Waals surface area contributed by atoms with Crippen LogP contribution in [0.3, 0.4) is 0 Å². The van der Waals surface area contributed by atoms with Gasteiger partial charge < -0.3 is 14.3 Å². The molecular weight excluding hydrogens is 342 g/mol. The van der Waals surface area contributed by atoms with Crippen LogP contribution in [-0.4, -0.2) is 32.9 Å². The number of nitrogens with one attached hydrogen (secondary N) is 1. The van der Waals surface area contributed by atoms with Crippen LogP contribution < -0.4 is 0 Å².